The summed E-state index contributed by atoms with van der Waals surface area (Å²) in [5.41, 5.74) is 5.59. The highest BCUT2D eigenvalue weighted by molar-refractivity contribution is 5.95. The van der Waals surface area contributed by atoms with Crippen LogP contribution in [0.5, 0.6) is 0 Å². The molecule has 19 heavy (non-hydrogen) atoms. The number of nitrogens with zero attached hydrogens (tertiary/aromatic N) is 1. The summed E-state index contributed by atoms with van der Waals surface area (Å²) in [7, 11) is 0. The fourth-order valence-corrected chi connectivity index (χ4v) is 2.49. The Morgan fingerprint density at radius 3 is 2.84 bits per heavy atom. The fourth-order valence-electron chi connectivity index (χ4n) is 2.49. The predicted octanol–water partition coefficient (Wildman–Crippen LogP) is 2.05. The van der Waals surface area contributed by atoms with E-state index in [0.29, 0.717) is 18.8 Å². The monoisotopic (exact) mass is 266 g/mol. The zero-order valence-corrected chi connectivity index (χ0v) is 11.4. The van der Waals surface area contributed by atoms with Gasteiger partial charge in [-0.15, -0.1) is 0 Å². The van der Waals surface area contributed by atoms with Crippen LogP contribution in [0.25, 0.3) is 0 Å². The average molecular weight is 266 g/mol. The predicted molar refractivity (Wildman–Crippen MR) is 71.3 cm³/mol. The van der Waals surface area contributed by atoms with Crippen molar-refractivity contribution in [1.29, 1.82) is 0 Å². The zero-order chi connectivity index (χ0) is 14.2. The lowest BCUT2D eigenvalue weighted by atomic mass is 10.0. The van der Waals surface area contributed by atoms with Crippen molar-refractivity contribution in [3.63, 3.8) is 0 Å². The quantitative estimate of drug-likeness (QED) is 0.791. The van der Waals surface area contributed by atoms with E-state index in [2.05, 4.69) is 0 Å². The van der Waals surface area contributed by atoms with E-state index in [0.717, 1.165) is 0 Å². The van der Waals surface area contributed by atoms with Gasteiger partial charge in [0.05, 0.1) is 17.3 Å². The van der Waals surface area contributed by atoms with Gasteiger partial charge in [0.15, 0.2) is 0 Å². The van der Waals surface area contributed by atoms with Crippen molar-refractivity contribution in [2.45, 2.75) is 32.5 Å². The van der Waals surface area contributed by atoms with Crippen LogP contribution in [-0.4, -0.2) is 35.6 Å². The van der Waals surface area contributed by atoms with Gasteiger partial charge in [-0.3, -0.25) is 4.79 Å². The van der Waals surface area contributed by atoms with Crippen LogP contribution >= 0.6 is 0 Å². The molecule has 0 aromatic heterocycles. The number of rotatable bonds is 1. The Labute approximate surface area is 112 Å². The van der Waals surface area contributed by atoms with Gasteiger partial charge in [-0.2, -0.15) is 0 Å². The standard InChI is InChI=1S/C14H19FN2O2/c1-9-7-17(8-14(2,3)19-9)13(18)11-6-10(16)4-5-12(11)15/h4-6,9H,7-8,16H2,1-3H3. The van der Waals surface area contributed by atoms with Crippen LogP contribution < -0.4 is 5.73 Å². The average Bonchev–Trinajstić information content (AvgIpc) is 2.29. The van der Waals surface area contributed by atoms with Gasteiger partial charge in [-0.05, 0) is 39.0 Å². The number of amides is 1. The molecule has 2 N–H and O–H groups in total. The number of nitrogens with two attached hydrogens (primary N) is 1. The fraction of sp³-hybridized carbons (Fsp3) is 0.500. The maximum Gasteiger partial charge on any atom is 0.257 e. The van der Waals surface area contributed by atoms with Crippen molar-refractivity contribution in [3.8, 4) is 0 Å². The number of anilines is 1. The molecule has 1 fully saturated rings. The minimum Gasteiger partial charge on any atom is -0.399 e. The van der Waals surface area contributed by atoms with Crippen molar-refractivity contribution in [2.24, 2.45) is 0 Å². The van der Waals surface area contributed by atoms with Gasteiger partial charge < -0.3 is 15.4 Å². The Bertz CT molecular complexity index is 502. The molecule has 1 unspecified atom stereocenters. The van der Waals surface area contributed by atoms with Gasteiger partial charge in [-0.25, -0.2) is 4.39 Å². The third-order valence-electron chi connectivity index (χ3n) is 3.08. The molecule has 1 saturated heterocycles. The highest BCUT2D eigenvalue weighted by Gasteiger charge is 2.34. The van der Waals surface area contributed by atoms with Gasteiger partial charge in [0.2, 0.25) is 0 Å². The molecule has 0 saturated carbocycles. The number of nitrogen functional groups attached to an aromatic ring is 1. The second-order valence-corrected chi connectivity index (χ2v) is 5.61. The van der Waals surface area contributed by atoms with E-state index >= 15 is 0 Å². The van der Waals surface area contributed by atoms with Crippen molar-refractivity contribution < 1.29 is 13.9 Å². The summed E-state index contributed by atoms with van der Waals surface area (Å²) in [5.74, 6) is -0.885. The summed E-state index contributed by atoms with van der Waals surface area (Å²) in [5, 5.41) is 0. The molecule has 104 valence electrons. The van der Waals surface area contributed by atoms with Crippen LogP contribution in [0.4, 0.5) is 10.1 Å². The summed E-state index contributed by atoms with van der Waals surface area (Å²) in [4.78, 5) is 14.0. The van der Waals surface area contributed by atoms with E-state index in [1.807, 2.05) is 20.8 Å². The number of hydrogen-bond acceptors (Lipinski definition) is 3. The second-order valence-electron chi connectivity index (χ2n) is 5.61. The Morgan fingerprint density at radius 2 is 2.21 bits per heavy atom. The number of halogens is 1. The van der Waals surface area contributed by atoms with Crippen LogP contribution in [-0.2, 0) is 4.74 Å². The smallest absolute Gasteiger partial charge is 0.257 e. The summed E-state index contributed by atoms with van der Waals surface area (Å²) in [6.45, 7) is 6.62. The van der Waals surface area contributed by atoms with Crippen LogP contribution in [0.1, 0.15) is 31.1 Å². The molecule has 1 atom stereocenters. The number of ether oxygens (including phenoxy) is 1. The highest BCUT2D eigenvalue weighted by Crippen LogP contribution is 2.23. The first-order valence-electron chi connectivity index (χ1n) is 6.30. The molecule has 1 aromatic rings. The Morgan fingerprint density at radius 1 is 1.53 bits per heavy atom. The van der Waals surface area contributed by atoms with Crippen molar-refractivity contribution in [1.82, 2.24) is 4.90 Å². The minimum absolute atomic E-state index is 0.0184. The lowest BCUT2D eigenvalue weighted by molar-refractivity contribution is -0.118. The molecule has 2 rings (SSSR count). The largest absolute Gasteiger partial charge is 0.399 e. The molecule has 1 aromatic carbocycles. The Hall–Kier alpha value is -1.62. The summed E-state index contributed by atoms with van der Waals surface area (Å²) in [6, 6.07) is 4.04. The van der Waals surface area contributed by atoms with Crippen LogP contribution in [0.3, 0.4) is 0 Å². The third-order valence-corrected chi connectivity index (χ3v) is 3.08. The number of carbonyl (C=O) groups is 1. The molecule has 1 aliphatic heterocycles. The molecular formula is C14H19FN2O2. The normalized spacial score (nSPS) is 22.3. The van der Waals surface area contributed by atoms with E-state index in [-0.39, 0.29) is 17.6 Å². The van der Waals surface area contributed by atoms with E-state index in [4.69, 9.17) is 10.5 Å². The summed E-state index contributed by atoms with van der Waals surface area (Å²) >= 11 is 0. The summed E-state index contributed by atoms with van der Waals surface area (Å²) < 4.78 is 19.5. The number of benzene rings is 1. The van der Waals surface area contributed by atoms with Gasteiger partial charge in [0, 0.05) is 18.8 Å². The van der Waals surface area contributed by atoms with E-state index in [1.165, 1.54) is 18.2 Å². The minimum atomic E-state index is -0.545. The second kappa shape index (κ2) is 4.81. The van der Waals surface area contributed by atoms with Crippen molar-refractivity contribution in [3.05, 3.63) is 29.6 Å². The molecule has 1 aliphatic rings. The zero-order valence-electron chi connectivity index (χ0n) is 11.4. The maximum absolute atomic E-state index is 13.7. The lowest BCUT2D eigenvalue weighted by Crippen LogP contribution is -2.53. The molecule has 1 amide bonds. The van der Waals surface area contributed by atoms with Gasteiger partial charge in [0.25, 0.3) is 5.91 Å². The molecule has 0 radical (unpaired) electrons. The molecule has 0 spiro atoms. The van der Waals surface area contributed by atoms with Gasteiger partial charge in [0.1, 0.15) is 5.82 Å². The van der Waals surface area contributed by atoms with Crippen molar-refractivity contribution >= 4 is 11.6 Å². The maximum atomic E-state index is 13.7. The van der Waals surface area contributed by atoms with Gasteiger partial charge in [-0.1, -0.05) is 0 Å². The first-order chi connectivity index (χ1) is 8.78. The molecule has 4 nitrogen and oxygen atoms in total. The first-order valence-corrected chi connectivity index (χ1v) is 6.30. The van der Waals surface area contributed by atoms with E-state index < -0.39 is 11.4 Å². The van der Waals surface area contributed by atoms with E-state index in [1.54, 1.807) is 4.90 Å². The topological polar surface area (TPSA) is 55.6 Å². The van der Waals surface area contributed by atoms with Crippen LogP contribution in [0, 0.1) is 5.82 Å². The Balaban J connectivity index is 2.26. The molecule has 0 bridgehead atoms. The molecule has 0 aliphatic carbocycles. The number of carbonyl (C=O) groups excluding carboxylic acids is 1. The molecule has 5 heteroatoms. The van der Waals surface area contributed by atoms with Crippen LogP contribution in [0.15, 0.2) is 18.2 Å². The van der Waals surface area contributed by atoms with Crippen LogP contribution in [0.2, 0.25) is 0 Å². The van der Waals surface area contributed by atoms with Gasteiger partial charge >= 0.3 is 0 Å². The highest BCUT2D eigenvalue weighted by atomic mass is 19.1. The van der Waals surface area contributed by atoms with Crippen molar-refractivity contribution in [2.75, 3.05) is 18.8 Å². The first kappa shape index (κ1) is 13.8. The number of hydrogen-bond donors (Lipinski definition) is 1. The third kappa shape index (κ3) is 3.04. The van der Waals surface area contributed by atoms with E-state index in [9.17, 15) is 9.18 Å². The lowest BCUT2D eigenvalue weighted by Gasteiger charge is -2.41. The summed E-state index contributed by atoms with van der Waals surface area (Å²) in [6.07, 6.45) is -0.0724. The molecule has 1 heterocycles. The number of morpholine rings is 1. The SMILES string of the molecule is CC1CN(C(=O)c2cc(N)ccc2F)CC(C)(C)O1. The Kier molecular flexibility index (Phi) is 3.49. The molecular weight excluding hydrogens is 247 g/mol.